The Morgan fingerprint density at radius 3 is 2.35 bits per heavy atom. The van der Waals surface area contributed by atoms with Gasteiger partial charge in [0, 0.05) is 11.8 Å². The molecule has 1 aromatic carbocycles. The number of H-pyrrole nitrogens is 1. The van der Waals surface area contributed by atoms with E-state index < -0.39 is 0 Å². The molecule has 1 aromatic heterocycles. The van der Waals surface area contributed by atoms with Crippen molar-refractivity contribution in [1.82, 2.24) is 4.98 Å². The Balaban J connectivity index is 2.70. The molecule has 0 unspecified atom stereocenters. The zero-order valence-electron chi connectivity index (χ0n) is 12.3. The zero-order chi connectivity index (χ0) is 14.5. The fourth-order valence-corrected chi connectivity index (χ4v) is 2.32. The van der Waals surface area contributed by atoms with Gasteiger partial charge in [-0.1, -0.05) is 13.3 Å². The van der Waals surface area contributed by atoms with E-state index in [4.69, 9.17) is 9.47 Å². The van der Waals surface area contributed by atoms with Gasteiger partial charge in [0.25, 0.3) is 0 Å². The molecule has 0 bridgehead atoms. The van der Waals surface area contributed by atoms with E-state index in [9.17, 15) is 4.79 Å². The van der Waals surface area contributed by atoms with Gasteiger partial charge in [-0.3, -0.25) is 4.79 Å². The van der Waals surface area contributed by atoms with Gasteiger partial charge in [-0.25, -0.2) is 0 Å². The average molecular weight is 275 g/mol. The normalized spacial score (nSPS) is 10.8. The molecule has 0 saturated heterocycles. The summed E-state index contributed by atoms with van der Waals surface area (Å²) in [5.41, 5.74) is 1.64. The summed E-state index contributed by atoms with van der Waals surface area (Å²) in [6.45, 7) is 7.00. The molecule has 0 atom stereocenters. The Morgan fingerprint density at radius 1 is 1.05 bits per heavy atom. The molecule has 0 aliphatic heterocycles. The molecule has 20 heavy (non-hydrogen) atoms. The third-order valence-electron chi connectivity index (χ3n) is 3.09. The molecule has 4 nitrogen and oxygen atoms in total. The monoisotopic (exact) mass is 275 g/mol. The first-order valence-electron chi connectivity index (χ1n) is 7.15. The average Bonchev–Trinajstić information content (AvgIpc) is 2.42. The highest BCUT2D eigenvalue weighted by molar-refractivity contribution is 5.90. The number of ether oxygens (including phenoxy) is 2. The highest BCUT2D eigenvalue weighted by atomic mass is 16.5. The van der Waals surface area contributed by atoms with Crippen LogP contribution in [0, 0.1) is 0 Å². The number of aryl methyl sites for hydroxylation is 1. The lowest BCUT2D eigenvalue weighted by Crippen LogP contribution is -2.09. The maximum absolute atomic E-state index is 12.4. The van der Waals surface area contributed by atoms with Gasteiger partial charge < -0.3 is 14.5 Å². The van der Waals surface area contributed by atoms with Crippen LogP contribution in [0.1, 0.15) is 32.9 Å². The highest BCUT2D eigenvalue weighted by Crippen LogP contribution is 2.30. The van der Waals surface area contributed by atoms with Crippen LogP contribution in [0.25, 0.3) is 10.9 Å². The molecule has 0 fully saturated rings. The van der Waals surface area contributed by atoms with Crippen LogP contribution in [0.15, 0.2) is 23.0 Å². The van der Waals surface area contributed by atoms with Gasteiger partial charge in [0.2, 0.25) is 0 Å². The van der Waals surface area contributed by atoms with Crippen LogP contribution in [-0.4, -0.2) is 18.2 Å². The number of pyridine rings is 1. The van der Waals surface area contributed by atoms with Crippen molar-refractivity contribution in [1.29, 1.82) is 0 Å². The predicted molar refractivity (Wildman–Crippen MR) is 80.9 cm³/mol. The molecule has 0 radical (unpaired) electrons. The van der Waals surface area contributed by atoms with E-state index in [0.717, 1.165) is 24.1 Å². The maximum Gasteiger partial charge on any atom is 0.193 e. The van der Waals surface area contributed by atoms with E-state index in [2.05, 4.69) is 11.9 Å². The Hall–Kier alpha value is -1.97. The van der Waals surface area contributed by atoms with E-state index in [1.165, 1.54) is 0 Å². The van der Waals surface area contributed by atoms with Gasteiger partial charge in [-0.2, -0.15) is 0 Å². The lowest BCUT2D eigenvalue weighted by atomic mass is 10.1. The van der Waals surface area contributed by atoms with Gasteiger partial charge in [-0.15, -0.1) is 0 Å². The topological polar surface area (TPSA) is 51.3 Å². The van der Waals surface area contributed by atoms with E-state index in [0.29, 0.717) is 30.1 Å². The summed E-state index contributed by atoms with van der Waals surface area (Å²) >= 11 is 0. The van der Waals surface area contributed by atoms with Crippen LogP contribution in [0.4, 0.5) is 0 Å². The number of hydrogen-bond donors (Lipinski definition) is 1. The first kappa shape index (κ1) is 14.4. The third kappa shape index (κ3) is 2.79. The highest BCUT2D eigenvalue weighted by Gasteiger charge is 2.13. The first-order valence-corrected chi connectivity index (χ1v) is 7.15. The van der Waals surface area contributed by atoms with Crippen molar-refractivity contribution >= 4 is 10.9 Å². The quantitative estimate of drug-likeness (QED) is 0.880. The minimum atomic E-state index is -0.0211. The first-order chi connectivity index (χ1) is 9.71. The summed E-state index contributed by atoms with van der Waals surface area (Å²) < 4.78 is 11.2. The molecule has 0 saturated carbocycles. The molecule has 2 aromatic rings. The number of rotatable bonds is 6. The molecule has 4 heteroatoms. The van der Waals surface area contributed by atoms with Crippen LogP contribution >= 0.6 is 0 Å². The van der Waals surface area contributed by atoms with Gasteiger partial charge in [0.1, 0.15) is 11.5 Å². The summed E-state index contributed by atoms with van der Waals surface area (Å²) in [7, 11) is 0. The van der Waals surface area contributed by atoms with Crippen molar-refractivity contribution in [3.05, 3.63) is 34.1 Å². The van der Waals surface area contributed by atoms with Crippen molar-refractivity contribution in [3.8, 4) is 11.5 Å². The predicted octanol–water partition coefficient (Wildman–Crippen LogP) is 3.28. The fraction of sp³-hybridized carbons (Fsp3) is 0.438. The number of aromatic nitrogens is 1. The number of nitrogens with one attached hydrogen (secondary N) is 1. The van der Waals surface area contributed by atoms with Crippen LogP contribution < -0.4 is 14.9 Å². The standard InChI is InChI=1S/C16H21NO3/c1-4-7-11-10-12(18)15-13(19-5-2)8-9-14(20-6-3)16(15)17-11/h8-10H,4-7H2,1-3H3,(H,17,18). The Kier molecular flexibility index (Phi) is 4.66. The molecular formula is C16H21NO3. The lowest BCUT2D eigenvalue weighted by Gasteiger charge is -2.12. The van der Waals surface area contributed by atoms with Gasteiger partial charge in [0.05, 0.1) is 24.1 Å². The minimum absolute atomic E-state index is 0.0211. The second kappa shape index (κ2) is 6.46. The summed E-state index contributed by atoms with van der Waals surface area (Å²) in [4.78, 5) is 15.7. The molecule has 0 amide bonds. The van der Waals surface area contributed by atoms with Gasteiger partial charge in [0.15, 0.2) is 5.43 Å². The zero-order valence-corrected chi connectivity index (χ0v) is 12.3. The van der Waals surface area contributed by atoms with E-state index in [-0.39, 0.29) is 5.43 Å². The summed E-state index contributed by atoms with van der Waals surface area (Å²) in [5, 5.41) is 0.567. The van der Waals surface area contributed by atoms with Crippen molar-refractivity contribution < 1.29 is 9.47 Å². The molecule has 1 N–H and O–H groups in total. The largest absolute Gasteiger partial charge is 0.493 e. The smallest absolute Gasteiger partial charge is 0.193 e. The minimum Gasteiger partial charge on any atom is -0.493 e. The fourth-order valence-electron chi connectivity index (χ4n) is 2.32. The number of benzene rings is 1. The summed E-state index contributed by atoms with van der Waals surface area (Å²) in [5.74, 6) is 1.30. The van der Waals surface area contributed by atoms with E-state index >= 15 is 0 Å². The third-order valence-corrected chi connectivity index (χ3v) is 3.09. The van der Waals surface area contributed by atoms with E-state index in [1.807, 2.05) is 19.9 Å². The van der Waals surface area contributed by atoms with Crippen LogP contribution in [0.2, 0.25) is 0 Å². The number of hydrogen-bond acceptors (Lipinski definition) is 3. The van der Waals surface area contributed by atoms with Crippen molar-refractivity contribution in [2.45, 2.75) is 33.6 Å². The summed E-state index contributed by atoms with van der Waals surface area (Å²) in [6.07, 6.45) is 1.83. The molecular weight excluding hydrogens is 254 g/mol. The van der Waals surface area contributed by atoms with Crippen molar-refractivity contribution in [2.75, 3.05) is 13.2 Å². The number of aromatic amines is 1. The molecule has 1 heterocycles. The Labute approximate surface area is 118 Å². The second-order valence-corrected chi connectivity index (χ2v) is 4.59. The molecule has 2 rings (SSSR count). The van der Waals surface area contributed by atoms with Crippen LogP contribution in [0.5, 0.6) is 11.5 Å². The summed E-state index contributed by atoms with van der Waals surface area (Å²) in [6, 6.07) is 5.30. The van der Waals surface area contributed by atoms with Crippen LogP contribution in [0.3, 0.4) is 0 Å². The lowest BCUT2D eigenvalue weighted by molar-refractivity contribution is 0.336. The Morgan fingerprint density at radius 2 is 1.70 bits per heavy atom. The van der Waals surface area contributed by atoms with Gasteiger partial charge in [-0.05, 0) is 32.4 Å². The molecule has 0 aliphatic carbocycles. The number of fused-ring (bicyclic) bond motifs is 1. The molecule has 108 valence electrons. The van der Waals surface area contributed by atoms with Crippen molar-refractivity contribution in [2.24, 2.45) is 0 Å². The second-order valence-electron chi connectivity index (χ2n) is 4.59. The van der Waals surface area contributed by atoms with Gasteiger partial charge >= 0.3 is 0 Å². The SMILES string of the molecule is CCCc1cc(=O)c2c(OCC)ccc(OCC)c2[nH]1. The molecule has 0 aliphatic rings. The van der Waals surface area contributed by atoms with E-state index in [1.54, 1.807) is 12.1 Å². The van der Waals surface area contributed by atoms with Crippen molar-refractivity contribution in [3.63, 3.8) is 0 Å². The molecule has 0 spiro atoms. The van der Waals surface area contributed by atoms with Crippen LogP contribution in [-0.2, 0) is 6.42 Å². The Bertz CT molecular complexity index is 646. The maximum atomic E-state index is 12.4.